The van der Waals surface area contributed by atoms with Gasteiger partial charge in [0, 0.05) is 22.8 Å². The van der Waals surface area contributed by atoms with Gasteiger partial charge in [0.15, 0.2) is 0 Å². The second-order valence-electron chi connectivity index (χ2n) is 4.49. The number of aliphatic hydroxyl groups excluding tert-OH is 1. The maximum Gasteiger partial charge on any atom is 0.0443 e. The van der Waals surface area contributed by atoms with E-state index in [4.69, 9.17) is 5.11 Å². The van der Waals surface area contributed by atoms with Crippen LogP contribution in [0.3, 0.4) is 0 Å². The molecule has 1 aromatic carbocycles. The van der Waals surface area contributed by atoms with Crippen molar-refractivity contribution < 1.29 is 5.11 Å². The first-order valence-electron chi connectivity index (χ1n) is 6.24. The number of hydrogen-bond donors (Lipinski definition) is 2. The summed E-state index contributed by atoms with van der Waals surface area (Å²) in [5.74, 6) is 0. The van der Waals surface area contributed by atoms with Crippen molar-refractivity contribution in [3.05, 3.63) is 29.8 Å². The standard InChI is InChI=1S/C14H23NOS/c1-11(2)17-14-7-5-13(6-8-14)12(3)15-9-4-10-16/h5-8,11-12,15-16H,4,9-10H2,1-3H3. The number of hydrogen-bond acceptors (Lipinski definition) is 3. The van der Waals surface area contributed by atoms with Crippen molar-refractivity contribution in [2.24, 2.45) is 0 Å². The lowest BCUT2D eigenvalue weighted by molar-refractivity contribution is 0.284. The highest BCUT2D eigenvalue weighted by Gasteiger charge is 2.04. The minimum absolute atomic E-state index is 0.254. The van der Waals surface area contributed by atoms with Gasteiger partial charge in [-0.2, -0.15) is 0 Å². The fraction of sp³-hybridized carbons (Fsp3) is 0.571. The van der Waals surface area contributed by atoms with Crippen molar-refractivity contribution in [1.82, 2.24) is 5.32 Å². The van der Waals surface area contributed by atoms with Gasteiger partial charge in [0.1, 0.15) is 0 Å². The van der Waals surface area contributed by atoms with E-state index in [-0.39, 0.29) is 6.61 Å². The third-order valence-corrected chi connectivity index (χ3v) is 3.55. The van der Waals surface area contributed by atoms with Gasteiger partial charge in [-0.15, -0.1) is 11.8 Å². The Morgan fingerprint density at radius 1 is 1.18 bits per heavy atom. The van der Waals surface area contributed by atoms with Crippen LogP contribution in [0, 0.1) is 0 Å². The van der Waals surface area contributed by atoms with E-state index >= 15 is 0 Å². The lowest BCUT2D eigenvalue weighted by atomic mass is 10.1. The predicted octanol–water partition coefficient (Wildman–Crippen LogP) is 3.22. The fourth-order valence-electron chi connectivity index (χ4n) is 1.62. The van der Waals surface area contributed by atoms with Gasteiger partial charge in [0.2, 0.25) is 0 Å². The molecule has 0 spiro atoms. The number of rotatable bonds is 7. The van der Waals surface area contributed by atoms with E-state index < -0.39 is 0 Å². The molecular formula is C14H23NOS. The molecule has 0 aliphatic heterocycles. The first-order chi connectivity index (χ1) is 8.13. The lowest BCUT2D eigenvalue weighted by Crippen LogP contribution is -2.20. The van der Waals surface area contributed by atoms with Gasteiger partial charge in [-0.3, -0.25) is 0 Å². The molecular weight excluding hydrogens is 230 g/mol. The Kier molecular flexibility index (Phi) is 6.63. The normalized spacial score (nSPS) is 13.0. The van der Waals surface area contributed by atoms with Crippen LogP contribution in [0.1, 0.15) is 38.8 Å². The second-order valence-corrected chi connectivity index (χ2v) is 6.14. The molecule has 0 saturated carbocycles. The molecule has 0 aliphatic rings. The molecule has 0 saturated heterocycles. The van der Waals surface area contributed by atoms with E-state index in [2.05, 4.69) is 50.4 Å². The Morgan fingerprint density at radius 3 is 2.35 bits per heavy atom. The zero-order valence-corrected chi connectivity index (χ0v) is 11.8. The van der Waals surface area contributed by atoms with Crippen molar-refractivity contribution >= 4 is 11.8 Å². The van der Waals surface area contributed by atoms with Gasteiger partial charge in [0.05, 0.1) is 0 Å². The molecule has 1 unspecified atom stereocenters. The SMILES string of the molecule is CC(C)Sc1ccc(C(C)NCCCO)cc1. The Labute approximate surface area is 109 Å². The first kappa shape index (κ1) is 14.6. The summed E-state index contributed by atoms with van der Waals surface area (Å²) in [6, 6.07) is 9.08. The Hall–Kier alpha value is -0.510. The van der Waals surface area contributed by atoms with E-state index in [0.29, 0.717) is 11.3 Å². The average molecular weight is 253 g/mol. The van der Waals surface area contributed by atoms with Crippen LogP contribution in [0.15, 0.2) is 29.2 Å². The highest BCUT2D eigenvalue weighted by molar-refractivity contribution is 7.99. The van der Waals surface area contributed by atoms with Gasteiger partial charge in [0.25, 0.3) is 0 Å². The third kappa shape index (κ3) is 5.57. The Bertz CT molecular complexity index is 311. The van der Waals surface area contributed by atoms with Gasteiger partial charge in [-0.1, -0.05) is 26.0 Å². The number of thioether (sulfide) groups is 1. The average Bonchev–Trinajstić information content (AvgIpc) is 2.29. The van der Waals surface area contributed by atoms with Crippen LogP contribution in [-0.4, -0.2) is 23.5 Å². The van der Waals surface area contributed by atoms with Crippen LogP contribution >= 0.6 is 11.8 Å². The molecule has 0 fully saturated rings. The Morgan fingerprint density at radius 2 is 1.82 bits per heavy atom. The van der Waals surface area contributed by atoms with Gasteiger partial charge in [-0.25, -0.2) is 0 Å². The number of aliphatic hydroxyl groups is 1. The zero-order chi connectivity index (χ0) is 12.7. The van der Waals surface area contributed by atoms with E-state index in [1.54, 1.807) is 0 Å². The summed E-state index contributed by atoms with van der Waals surface area (Å²) >= 11 is 1.89. The van der Waals surface area contributed by atoms with Crippen molar-refractivity contribution in [2.75, 3.05) is 13.2 Å². The summed E-state index contributed by atoms with van der Waals surface area (Å²) in [6.07, 6.45) is 0.811. The molecule has 1 atom stereocenters. The molecule has 0 radical (unpaired) electrons. The summed E-state index contributed by atoms with van der Waals surface area (Å²) < 4.78 is 0. The molecule has 1 aromatic rings. The van der Waals surface area contributed by atoms with Crippen LogP contribution in [0.2, 0.25) is 0 Å². The van der Waals surface area contributed by atoms with Crippen molar-refractivity contribution in [3.63, 3.8) is 0 Å². The summed E-state index contributed by atoms with van der Waals surface area (Å²) in [4.78, 5) is 1.33. The highest BCUT2D eigenvalue weighted by Crippen LogP contribution is 2.24. The number of benzene rings is 1. The molecule has 1 rings (SSSR count). The minimum atomic E-state index is 0.254. The van der Waals surface area contributed by atoms with E-state index in [9.17, 15) is 0 Å². The highest BCUT2D eigenvalue weighted by atomic mass is 32.2. The largest absolute Gasteiger partial charge is 0.396 e. The molecule has 0 amide bonds. The lowest BCUT2D eigenvalue weighted by Gasteiger charge is -2.14. The Balaban J connectivity index is 2.48. The summed E-state index contributed by atoms with van der Waals surface area (Å²) in [7, 11) is 0. The molecule has 96 valence electrons. The van der Waals surface area contributed by atoms with Crippen LogP contribution in [0.5, 0.6) is 0 Å². The molecule has 0 aromatic heterocycles. The third-order valence-electron chi connectivity index (χ3n) is 2.54. The van der Waals surface area contributed by atoms with Gasteiger partial charge >= 0.3 is 0 Å². The molecule has 3 heteroatoms. The summed E-state index contributed by atoms with van der Waals surface area (Å²) in [5, 5.41) is 12.7. The van der Waals surface area contributed by atoms with Gasteiger partial charge < -0.3 is 10.4 Å². The topological polar surface area (TPSA) is 32.3 Å². The minimum Gasteiger partial charge on any atom is -0.396 e. The number of nitrogens with one attached hydrogen (secondary N) is 1. The molecule has 2 nitrogen and oxygen atoms in total. The van der Waals surface area contributed by atoms with Crippen molar-refractivity contribution in [1.29, 1.82) is 0 Å². The predicted molar refractivity (Wildman–Crippen MR) is 75.6 cm³/mol. The molecule has 17 heavy (non-hydrogen) atoms. The van der Waals surface area contributed by atoms with Crippen LogP contribution in [0.25, 0.3) is 0 Å². The van der Waals surface area contributed by atoms with E-state index in [1.807, 2.05) is 11.8 Å². The monoisotopic (exact) mass is 253 g/mol. The molecule has 0 bridgehead atoms. The van der Waals surface area contributed by atoms with Crippen LogP contribution < -0.4 is 5.32 Å². The summed E-state index contributed by atoms with van der Waals surface area (Å²) in [6.45, 7) is 7.68. The zero-order valence-electron chi connectivity index (χ0n) is 10.9. The molecule has 2 N–H and O–H groups in total. The maximum absolute atomic E-state index is 8.73. The second kappa shape index (κ2) is 7.75. The van der Waals surface area contributed by atoms with Crippen molar-refractivity contribution in [2.45, 2.75) is 43.4 Å². The van der Waals surface area contributed by atoms with Crippen LogP contribution in [0.4, 0.5) is 0 Å². The van der Waals surface area contributed by atoms with E-state index in [0.717, 1.165) is 13.0 Å². The van der Waals surface area contributed by atoms with Crippen molar-refractivity contribution in [3.8, 4) is 0 Å². The smallest absolute Gasteiger partial charge is 0.0443 e. The molecule has 0 aliphatic carbocycles. The van der Waals surface area contributed by atoms with Crippen LogP contribution in [-0.2, 0) is 0 Å². The van der Waals surface area contributed by atoms with Gasteiger partial charge in [-0.05, 0) is 37.6 Å². The molecule has 0 heterocycles. The maximum atomic E-state index is 8.73. The summed E-state index contributed by atoms with van der Waals surface area (Å²) in [5.41, 5.74) is 1.30. The van der Waals surface area contributed by atoms with E-state index in [1.165, 1.54) is 10.5 Å². The fourth-order valence-corrected chi connectivity index (χ4v) is 2.46. The quantitative estimate of drug-likeness (QED) is 0.578. The first-order valence-corrected chi connectivity index (χ1v) is 7.12.